The van der Waals surface area contributed by atoms with E-state index in [2.05, 4.69) is 25.7 Å². The number of aromatic nitrogens is 1. The molecule has 0 radical (unpaired) electrons. The first-order valence-corrected chi connectivity index (χ1v) is 5.57. The Bertz CT molecular complexity index is 490. The molecule has 0 bridgehead atoms. The van der Waals surface area contributed by atoms with E-state index in [-0.39, 0.29) is 0 Å². The molecule has 1 heterocycles. The van der Waals surface area contributed by atoms with Crippen LogP contribution in [0.25, 0.3) is 0 Å². The lowest BCUT2D eigenvalue weighted by Crippen LogP contribution is -2.14. The molecule has 0 aromatic carbocycles. The van der Waals surface area contributed by atoms with Gasteiger partial charge >= 0.3 is 12.1 Å². The molecule has 0 aliphatic carbocycles. The Morgan fingerprint density at radius 2 is 2.05 bits per heavy atom. The van der Waals surface area contributed by atoms with Gasteiger partial charge in [-0.3, -0.25) is 9.78 Å². The van der Waals surface area contributed by atoms with Gasteiger partial charge in [0.25, 0.3) is 6.43 Å². The number of carbonyl (C=O) groups is 1. The molecule has 1 rings (SSSR count). The number of hydrogen-bond donors (Lipinski definition) is 0. The summed E-state index contributed by atoms with van der Waals surface area (Å²) >= 11 is 2.59. The molecule has 19 heavy (non-hydrogen) atoms. The topological polar surface area (TPSA) is 39.2 Å². The van der Waals surface area contributed by atoms with Crippen molar-refractivity contribution in [2.45, 2.75) is 19.0 Å². The van der Waals surface area contributed by atoms with Crippen LogP contribution in [0.3, 0.4) is 0 Å². The number of pyridine rings is 1. The number of methoxy groups -OCH3 is 1. The molecular formula is C10H7BrF5NO2. The summed E-state index contributed by atoms with van der Waals surface area (Å²) in [5.74, 6) is -0.941. The molecule has 0 saturated carbocycles. The maximum Gasteiger partial charge on any atom is 0.418 e. The highest BCUT2D eigenvalue weighted by Gasteiger charge is 2.36. The summed E-state index contributed by atoms with van der Waals surface area (Å²) in [6, 6.07) is 0. The first-order valence-electron chi connectivity index (χ1n) is 4.78. The van der Waals surface area contributed by atoms with Crippen LogP contribution < -0.4 is 0 Å². The molecule has 0 aliphatic rings. The molecule has 3 nitrogen and oxygen atoms in total. The van der Waals surface area contributed by atoms with Crippen LogP contribution in [-0.4, -0.2) is 18.1 Å². The molecule has 0 N–H and O–H groups in total. The number of nitrogens with zero attached hydrogens (tertiary/aromatic N) is 1. The van der Waals surface area contributed by atoms with Gasteiger partial charge in [0, 0.05) is 16.2 Å². The third kappa shape index (κ3) is 3.62. The van der Waals surface area contributed by atoms with Gasteiger partial charge in [0.15, 0.2) is 0 Å². The van der Waals surface area contributed by atoms with E-state index in [1.807, 2.05) is 0 Å². The fourth-order valence-corrected chi connectivity index (χ4v) is 1.98. The monoisotopic (exact) mass is 347 g/mol. The van der Waals surface area contributed by atoms with Crippen molar-refractivity contribution < 1.29 is 31.5 Å². The Morgan fingerprint density at radius 1 is 1.47 bits per heavy atom. The molecule has 0 unspecified atom stereocenters. The van der Waals surface area contributed by atoms with Crippen LogP contribution in [0.2, 0.25) is 0 Å². The quantitative estimate of drug-likeness (QED) is 0.620. The van der Waals surface area contributed by atoms with E-state index >= 15 is 0 Å². The second-order valence-corrected chi connectivity index (χ2v) is 4.19. The second kappa shape index (κ2) is 5.81. The van der Waals surface area contributed by atoms with Gasteiger partial charge < -0.3 is 4.74 Å². The normalized spacial score (nSPS) is 11.8. The molecule has 9 heteroatoms. The van der Waals surface area contributed by atoms with Crippen molar-refractivity contribution in [2.24, 2.45) is 0 Å². The van der Waals surface area contributed by atoms with Gasteiger partial charge in [-0.1, -0.05) is 0 Å². The molecule has 0 saturated heterocycles. The van der Waals surface area contributed by atoms with Crippen molar-refractivity contribution in [3.63, 3.8) is 0 Å². The number of alkyl halides is 5. The summed E-state index contributed by atoms with van der Waals surface area (Å²) in [6.07, 6.45) is -8.30. The number of esters is 1. The van der Waals surface area contributed by atoms with Gasteiger partial charge in [0.1, 0.15) is 5.69 Å². The maximum atomic E-state index is 12.7. The highest BCUT2D eigenvalue weighted by Crippen LogP contribution is 2.38. The molecule has 0 atom stereocenters. The Hall–Kier alpha value is -1.25. The average molecular weight is 348 g/mol. The van der Waals surface area contributed by atoms with E-state index in [0.717, 1.165) is 7.11 Å². The van der Waals surface area contributed by atoms with E-state index in [1.165, 1.54) is 0 Å². The molecule has 106 valence electrons. The zero-order valence-corrected chi connectivity index (χ0v) is 11.0. The smallest absolute Gasteiger partial charge is 0.418 e. The highest BCUT2D eigenvalue weighted by atomic mass is 79.9. The molecule has 1 aromatic heterocycles. The van der Waals surface area contributed by atoms with Gasteiger partial charge in [-0.15, -0.1) is 0 Å². The van der Waals surface area contributed by atoms with Crippen molar-refractivity contribution >= 4 is 21.9 Å². The van der Waals surface area contributed by atoms with Crippen LogP contribution in [0.15, 0.2) is 10.7 Å². The van der Waals surface area contributed by atoms with Crippen molar-refractivity contribution in [3.05, 3.63) is 27.5 Å². The summed E-state index contributed by atoms with van der Waals surface area (Å²) in [6.45, 7) is 0. The first kappa shape index (κ1) is 15.8. The van der Waals surface area contributed by atoms with Crippen LogP contribution in [0.5, 0.6) is 0 Å². The van der Waals surface area contributed by atoms with Crippen molar-refractivity contribution in [2.75, 3.05) is 7.11 Å². The van der Waals surface area contributed by atoms with Crippen LogP contribution in [-0.2, 0) is 22.1 Å². The summed E-state index contributed by atoms with van der Waals surface area (Å²) in [5, 5.41) is 0. The summed E-state index contributed by atoms with van der Waals surface area (Å²) < 4.78 is 66.8. The minimum atomic E-state index is -4.77. The molecule has 0 aliphatic heterocycles. The Labute approximate surface area is 112 Å². The molecule has 0 spiro atoms. The zero-order chi connectivity index (χ0) is 14.8. The van der Waals surface area contributed by atoms with E-state index in [4.69, 9.17) is 0 Å². The van der Waals surface area contributed by atoms with E-state index in [9.17, 15) is 26.7 Å². The fraction of sp³-hybridized carbons (Fsp3) is 0.400. The van der Waals surface area contributed by atoms with E-state index in [0.29, 0.717) is 6.20 Å². The SMILES string of the molecule is COC(=O)Cc1c(C(F)F)ncc(C(F)(F)F)c1Br. The third-order valence-electron chi connectivity index (χ3n) is 2.20. The Balaban J connectivity index is 3.40. The molecule has 0 amide bonds. The Morgan fingerprint density at radius 3 is 2.47 bits per heavy atom. The number of halogens is 6. The van der Waals surface area contributed by atoms with Crippen molar-refractivity contribution in [1.29, 1.82) is 0 Å². The summed E-state index contributed by atoms with van der Waals surface area (Å²) in [7, 11) is 0.999. The number of rotatable bonds is 3. The zero-order valence-electron chi connectivity index (χ0n) is 9.39. The molecule has 1 aromatic rings. The second-order valence-electron chi connectivity index (χ2n) is 3.40. The summed E-state index contributed by atoms with van der Waals surface area (Å²) in [5.41, 5.74) is -2.64. The van der Waals surface area contributed by atoms with Crippen molar-refractivity contribution in [1.82, 2.24) is 4.98 Å². The van der Waals surface area contributed by atoms with Gasteiger partial charge in [-0.25, -0.2) is 8.78 Å². The van der Waals surface area contributed by atoms with Crippen LogP contribution in [0.1, 0.15) is 23.2 Å². The molecule has 0 fully saturated rings. The fourth-order valence-electron chi connectivity index (χ4n) is 1.31. The first-order chi connectivity index (χ1) is 8.68. The largest absolute Gasteiger partial charge is 0.469 e. The highest BCUT2D eigenvalue weighted by molar-refractivity contribution is 9.10. The standard InChI is InChI=1S/C10H7BrF5NO2/c1-19-6(18)2-4-7(11)5(10(14,15)16)3-17-8(4)9(12)13/h3,9H,2H2,1H3. The number of ether oxygens (including phenoxy) is 1. The van der Waals surface area contributed by atoms with E-state index < -0.39 is 46.3 Å². The molecular weight excluding hydrogens is 341 g/mol. The third-order valence-corrected chi connectivity index (χ3v) is 3.11. The van der Waals surface area contributed by atoms with Gasteiger partial charge in [-0.2, -0.15) is 13.2 Å². The number of hydrogen-bond acceptors (Lipinski definition) is 3. The maximum absolute atomic E-state index is 12.7. The van der Waals surface area contributed by atoms with E-state index in [1.54, 1.807) is 0 Å². The lowest BCUT2D eigenvalue weighted by molar-refractivity contribution is -0.141. The van der Waals surface area contributed by atoms with Crippen LogP contribution in [0.4, 0.5) is 22.0 Å². The van der Waals surface area contributed by atoms with Gasteiger partial charge in [0.05, 0.1) is 19.1 Å². The van der Waals surface area contributed by atoms with Gasteiger partial charge in [-0.05, 0) is 15.9 Å². The van der Waals surface area contributed by atoms with Crippen LogP contribution in [0, 0.1) is 0 Å². The Kier molecular flexibility index (Phi) is 4.83. The average Bonchev–Trinajstić information content (AvgIpc) is 2.29. The van der Waals surface area contributed by atoms with Gasteiger partial charge in [0.2, 0.25) is 0 Å². The summed E-state index contributed by atoms with van der Waals surface area (Å²) in [4.78, 5) is 14.2. The van der Waals surface area contributed by atoms with Crippen molar-refractivity contribution in [3.8, 4) is 0 Å². The lowest BCUT2D eigenvalue weighted by Gasteiger charge is -2.15. The minimum absolute atomic E-state index is 0.298. The predicted molar refractivity (Wildman–Crippen MR) is 57.6 cm³/mol. The van der Waals surface area contributed by atoms with Crippen LogP contribution >= 0.6 is 15.9 Å². The minimum Gasteiger partial charge on any atom is -0.469 e. The number of carbonyl (C=O) groups excluding carboxylic acids is 1. The lowest BCUT2D eigenvalue weighted by atomic mass is 10.1. The predicted octanol–water partition coefficient (Wildman–Crippen LogP) is 3.52.